The summed E-state index contributed by atoms with van der Waals surface area (Å²) in [6.45, 7) is 8.61. The fraction of sp³-hybridized carbons (Fsp3) is 0.444. The van der Waals surface area contributed by atoms with Crippen LogP contribution >= 0.6 is 0 Å². The molecule has 0 aliphatic carbocycles. The standard InChI is InChI=1S/C18H23F3N2O/c1-3-23(4-2)11-10-22-13-16-8-9-17(24-16)14-6-5-7-15(12-14)18(19,20)21/h5-9,12,22H,3-4,10-11,13H2,1-2H3. The van der Waals surface area contributed by atoms with Gasteiger partial charge in [-0.1, -0.05) is 26.0 Å². The van der Waals surface area contributed by atoms with Crippen molar-refractivity contribution in [1.29, 1.82) is 0 Å². The highest BCUT2D eigenvalue weighted by Crippen LogP contribution is 2.32. The summed E-state index contributed by atoms with van der Waals surface area (Å²) >= 11 is 0. The van der Waals surface area contributed by atoms with Crippen LogP contribution in [0.2, 0.25) is 0 Å². The maximum Gasteiger partial charge on any atom is 0.416 e. The first-order valence-electron chi connectivity index (χ1n) is 8.13. The third kappa shape index (κ3) is 5.11. The molecule has 24 heavy (non-hydrogen) atoms. The molecule has 1 aromatic carbocycles. The second kappa shape index (κ2) is 8.35. The Morgan fingerprint density at radius 1 is 1.08 bits per heavy atom. The quantitative estimate of drug-likeness (QED) is 0.722. The van der Waals surface area contributed by atoms with Crippen LogP contribution in [0.15, 0.2) is 40.8 Å². The molecule has 0 saturated carbocycles. The van der Waals surface area contributed by atoms with Crippen molar-refractivity contribution < 1.29 is 17.6 Å². The number of likely N-dealkylation sites (N-methyl/N-ethyl adjacent to an activating group) is 1. The second-order valence-corrected chi connectivity index (χ2v) is 5.55. The number of nitrogens with zero attached hydrogens (tertiary/aromatic N) is 1. The minimum Gasteiger partial charge on any atom is -0.460 e. The van der Waals surface area contributed by atoms with Gasteiger partial charge in [0, 0.05) is 18.7 Å². The summed E-state index contributed by atoms with van der Waals surface area (Å²) in [7, 11) is 0. The van der Waals surface area contributed by atoms with Crippen molar-refractivity contribution in [2.45, 2.75) is 26.6 Å². The summed E-state index contributed by atoms with van der Waals surface area (Å²) in [4.78, 5) is 2.31. The minimum absolute atomic E-state index is 0.430. The maximum absolute atomic E-state index is 12.8. The van der Waals surface area contributed by atoms with Gasteiger partial charge in [0.15, 0.2) is 0 Å². The highest BCUT2D eigenvalue weighted by Gasteiger charge is 2.30. The molecule has 0 radical (unpaired) electrons. The molecule has 0 unspecified atom stereocenters. The molecule has 3 nitrogen and oxygen atoms in total. The number of furan rings is 1. The number of rotatable bonds is 8. The second-order valence-electron chi connectivity index (χ2n) is 5.55. The minimum atomic E-state index is -4.35. The van der Waals surface area contributed by atoms with Gasteiger partial charge in [0.1, 0.15) is 11.5 Å². The Bertz CT molecular complexity index is 633. The molecule has 1 aromatic heterocycles. The molecule has 0 fully saturated rings. The molecule has 0 amide bonds. The zero-order valence-electron chi connectivity index (χ0n) is 14.0. The lowest BCUT2D eigenvalue weighted by Crippen LogP contribution is -2.31. The van der Waals surface area contributed by atoms with Gasteiger partial charge >= 0.3 is 6.18 Å². The molecule has 2 rings (SSSR count). The van der Waals surface area contributed by atoms with E-state index in [4.69, 9.17) is 4.42 Å². The molecule has 2 aromatic rings. The van der Waals surface area contributed by atoms with E-state index in [1.807, 2.05) is 0 Å². The molecular weight excluding hydrogens is 317 g/mol. The summed E-state index contributed by atoms with van der Waals surface area (Å²) in [5.41, 5.74) is -0.241. The van der Waals surface area contributed by atoms with Crippen LogP contribution in [0.4, 0.5) is 13.2 Å². The van der Waals surface area contributed by atoms with Gasteiger partial charge in [-0.15, -0.1) is 0 Å². The van der Waals surface area contributed by atoms with Gasteiger partial charge in [-0.25, -0.2) is 0 Å². The van der Waals surface area contributed by atoms with E-state index in [0.29, 0.717) is 23.6 Å². The highest BCUT2D eigenvalue weighted by atomic mass is 19.4. The van der Waals surface area contributed by atoms with Crippen LogP contribution in [-0.4, -0.2) is 31.1 Å². The van der Waals surface area contributed by atoms with E-state index in [1.54, 1.807) is 18.2 Å². The van der Waals surface area contributed by atoms with Crippen LogP contribution < -0.4 is 5.32 Å². The van der Waals surface area contributed by atoms with Crippen LogP contribution in [0.25, 0.3) is 11.3 Å². The molecule has 0 atom stereocenters. The van der Waals surface area contributed by atoms with Crippen LogP contribution in [-0.2, 0) is 12.7 Å². The van der Waals surface area contributed by atoms with Crippen LogP contribution in [0, 0.1) is 0 Å². The molecule has 0 aliphatic heterocycles. The molecule has 0 aliphatic rings. The largest absolute Gasteiger partial charge is 0.460 e. The predicted octanol–water partition coefficient (Wildman–Crippen LogP) is 4.40. The summed E-state index contributed by atoms with van der Waals surface area (Å²) in [5, 5.41) is 3.29. The number of hydrogen-bond donors (Lipinski definition) is 1. The van der Waals surface area contributed by atoms with E-state index in [2.05, 4.69) is 24.1 Å². The lowest BCUT2D eigenvalue weighted by Gasteiger charge is -2.17. The molecular formula is C18H23F3N2O. The number of nitrogens with one attached hydrogen (secondary N) is 1. The monoisotopic (exact) mass is 340 g/mol. The highest BCUT2D eigenvalue weighted by molar-refractivity contribution is 5.58. The molecule has 0 bridgehead atoms. The Labute approximate surface area is 140 Å². The van der Waals surface area contributed by atoms with Crippen molar-refractivity contribution in [3.63, 3.8) is 0 Å². The zero-order chi connectivity index (χ0) is 17.6. The fourth-order valence-corrected chi connectivity index (χ4v) is 2.47. The third-order valence-electron chi connectivity index (χ3n) is 3.93. The fourth-order valence-electron chi connectivity index (χ4n) is 2.47. The van der Waals surface area contributed by atoms with E-state index in [9.17, 15) is 13.2 Å². The van der Waals surface area contributed by atoms with Gasteiger partial charge in [0.25, 0.3) is 0 Å². The first-order chi connectivity index (χ1) is 11.4. The Kier molecular flexibility index (Phi) is 6.45. The number of halogens is 3. The summed E-state index contributed by atoms with van der Waals surface area (Å²) in [6.07, 6.45) is -4.35. The Balaban J connectivity index is 1.94. The Hall–Kier alpha value is -1.79. The summed E-state index contributed by atoms with van der Waals surface area (Å²) in [5.74, 6) is 1.16. The lowest BCUT2D eigenvalue weighted by molar-refractivity contribution is -0.137. The van der Waals surface area contributed by atoms with Crippen molar-refractivity contribution in [2.24, 2.45) is 0 Å². The number of alkyl halides is 3. The molecule has 132 valence electrons. The Morgan fingerprint density at radius 2 is 1.83 bits per heavy atom. The van der Waals surface area contributed by atoms with Gasteiger partial charge in [-0.3, -0.25) is 0 Å². The van der Waals surface area contributed by atoms with E-state index < -0.39 is 11.7 Å². The first kappa shape index (κ1) is 18.5. The molecule has 0 saturated heterocycles. The smallest absolute Gasteiger partial charge is 0.416 e. The van der Waals surface area contributed by atoms with Gasteiger partial charge in [-0.05, 0) is 37.4 Å². The molecule has 6 heteroatoms. The molecule has 0 spiro atoms. The van der Waals surface area contributed by atoms with E-state index >= 15 is 0 Å². The Morgan fingerprint density at radius 3 is 2.50 bits per heavy atom. The van der Waals surface area contributed by atoms with Gasteiger partial charge in [0.2, 0.25) is 0 Å². The summed E-state index contributed by atoms with van der Waals surface area (Å²) < 4.78 is 44.0. The van der Waals surface area contributed by atoms with E-state index in [0.717, 1.165) is 38.3 Å². The zero-order valence-corrected chi connectivity index (χ0v) is 14.0. The third-order valence-corrected chi connectivity index (χ3v) is 3.93. The topological polar surface area (TPSA) is 28.4 Å². The van der Waals surface area contributed by atoms with E-state index in [-0.39, 0.29) is 0 Å². The van der Waals surface area contributed by atoms with Gasteiger partial charge < -0.3 is 14.6 Å². The van der Waals surface area contributed by atoms with Crippen molar-refractivity contribution in [2.75, 3.05) is 26.2 Å². The number of hydrogen-bond acceptors (Lipinski definition) is 3. The predicted molar refractivity (Wildman–Crippen MR) is 88.6 cm³/mol. The SMILES string of the molecule is CCN(CC)CCNCc1ccc(-c2cccc(C(F)(F)F)c2)o1. The van der Waals surface area contributed by atoms with Crippen molar-refractivity contribution in [3.8, 4) is 11.3 Å². The normalized spacial score (nSPS) is 12.1. The van der Waals surface area contributed by atoms with Crippen LogP contribution in [0.1, 0.15) is 25.2 Å². The molecule has 1 N–H and O–H groups in total. The number of benzene rings is 1. The van der Waals surface area contributed by atoms with Crippen molar-refractivity contribution >= 4 is 0 Å². The van der Waals surface area contributed by atoms with Crippen molar-refractivity contribution in [3.05, 3.63) is 47.7 Å². The van der Waals surface area contributed by atoms with Gasteiger partial charge in [-0.2, -0.15) is 13.2 Å². The van der Waals surface area contributed by atoms with Crippen LogP contribution in [0.3, 0.4) is 0 Å². The first-order valence-corrected chi connectivity index (χ1v) is 8.13. The summed E-state index contributed by atoms with van der Waals surface area (Å²) in [6, 6.07) is 8.67. The van der Waals surface area contributed by atoms with Crippen LogP contribution in [0.5, 0.6) is 0 Å². The average molecular weight is 340 g/mol. The van der Waals surface area contributed by atoms with E-state index in [1.165, 1.54) is 6.07 Å². The van der Waals surface area contributed by atoms with Gasteiger partial charge in [0.05, 0.1) is 12.1 Å². The van der Waals surface area contributed by atoms with Crippen molar-refractivity contribution in [1.82, 2.24) is 10.2 Å². The average Bonchev–Trinajstić information content (AvgIpc) is 3.03. The lowest BCUT2D eigenvalue weighted by atomic mass is 10.1. The maximum atomic E-state index is 12.8. The molecule has 1 heterocycles.